The summed E-state index contributed by atoms with van der Waals surface area (Å²) < 4.78 is 0. The van der Waals surface area contributed by atoms with Gasteiger partial charge in [-0.2, -0.15) is 0 Å². The largest absolute Gasteiger partial charge is 0.354 e. The summed E-state index contributed by atoms with van der Waals surface area (Å²) in [5.41, 5.74) is 2.60. The second-order valence-corrected chi connectivity index (χ2v) is 7.64. The molecule has 25 heavy (non-hydrogen) atoms. The SMILES string of the molecule is Cc1cc(Cl)ccc1CN1CCCC(CNC(=O)C2CCCN2)C1.Cl. The molecule has 2 fully saturated rings. The van der Waals surface area contributed by atoms with Gasteiger partial charge >= 0.3 is 0 Å². The van der Waals surface area contributed by atoms with Crippen LogP contribution in [0.5, 0.6) is 0 Å². The Morgan fingerprint density at radius 3 is 2.92 bits per heavy atom. The van der Waals surface area contributed by atoms with Gasteiger partial charge in [-0.1, -0.05) is 17.7 Å². The van der Waals surface area contributed by atoms with Crippen molar-refractivity contribution in [2.45, 2.75) is 45.2 Å². The van der Waals surface area contributed by atoms with Crippen LogP contribution in [0.4, 0.5) is 0 Å². The molecule has 6 heteroatoms. The smallest absolute Gasteiger partial charge is 0.237 e. The Balaban J connectivity index is 0.00000225. The number of hydrogen-bond acceptors (Lipinski definition) is 3. The minimum atomic E-state index is 0. The van der Waals surface area contributed by atoms with Crippen molar-refractivity contribution in [1.82, 2.24) is 15.5 Å². The van der Waals surface area contributed by atoms with Crippen molar-refractivity contribution in [2.24, 2.45) is 5.92 Å². The van der Waals surface area contributed by atoms with Crippen LogP contribution in [0.2, 0.25) is 5.02 Å². The van der Waals surface area contributed by atoms with Crippen LogP contribution in [0.15, 0.2) is 18.2 Å². The zero-order valence-corrected chi connectivity index (χ0v) is 16.5. The van der Waals surface area contributed by atoms with Gasteiger partial charge in [0, 0.05) is 24.7 Å². The Hall–Kier alpha value is -0.810. The monoisotopic (exact) mass is 385 g/mol. The summed E-state index contributed by atoms with van der Waals surface area (Å²) in [5.74, 6) is 0.731. The lowest BCUT2D eigenvalue weighted by Gasteiger charge is -2.33. The Labute approximate surface area is 162 Å². The van der Waals surface area contributed by atoms with Gasteiger partial charge in [-0.25, -0.2) is 0 Å². The predicted octanol–water partition coefficient (Wildman–Crippen LogP) is 3.15. The van der Waals surface area contributed by atoms with Gasteiger partial charge in [0.15, 0.2) is 0 Å². The third kappa shape index (κ3) is 5.85. The van der Waals surface area contributed by atoms with Crippen LogP contribution in [0.3, 0.4) is 0 Å². The van der Waals surface area contributed by atoms with Crippen molar-refractivity contribution in [2.75, 3.05) is 26.2 Å². The fourth-order valence-electron chi connectivity index (χ4n) is 3.82. The van der Waals surface area contributed by atoms with E-state index in [1.165, 1.54) is 24.0 Å². The van der Waals surface area contributed by atoms with E-state index in [0.717, 1.165) is 50.6 Å². The number of rotatable bonds is 5. The Morgan fingerprint density at radius 2 is 2.20 bits per heavy atom. The molecule has 4 nitrogen and oxygen atoms in total. The number of likely N-dealkylation sites (tertiary alicyclic amines) is 1. The van der Waals surface area contributed by atoms with Crippen LogP contribution in [-0.2, 0) is 11.3 Å². The van der Waals surface area contributed by atoms with E-state index < -0.39 is 0 Å². The fourth-order valence-corrected chi connectivity index (χ4v) is 4.04. The van der Waals surface area contributed by atoms with Crippen LogP contribution in [0.1, 0.15) is 36.8 Å². The van der Waals surface area contributed by atoms with E-state index in [0.29, 0.717) is 5.92 Å². The van der Waals surface area contributed by atoms with E-state index >= 15 is 0 Å². The molecule has 3 rings (SSSR count). The molecule has 2 N–H and O–H groups in total. The lowest BCUT2D eigenvalue weighted by atomic mass is 9.97. The van der Waals surface area contributed by atoms with Crippen LogP contribution in [0, 0.1) is 12.8 Å². The van der Waals surface area contributed by atoms with Gasteiger partial charge in [0.1, 0.15) is 0 Å². The molecule has 0 bridgehead atoms. The lowest BCUT2D eigenvalue weighted by Crippen LogP contribution is -2.45. The molecule has 0 aliphatic carbocycles. The second kappa shape index (κ2) is 9.77. The van der Waals surface area contributed by atoms with E-state index in [-0.39, 0.29) is 24.4 Å². The van der Waals surface area contributed by atoms with Gasteiger partial charge in [-0.15, -0.1) is 12.4 Å². The molecule has 140 valence electrons. The normalized spacial score (nSPS) is 23.9. The summed E-state index contributed by atoms with van der Waals surface area (Å²) in [4.78, 5) is 14.6. The molecular formula is C19H29Cl2N3O. The molecule has 1 aromatic rings. The summed E-state index contributed by atoms with van der Waals surface area (Å²) in [5, 5.41) is 7.22. The molecule has 1 amide bonds. The average Bonchev–Trinajstić information content (AvgIpc) is 3.10. The first-order chi connectivity index (χ1) is 11.6. The quantitative estimate of drug-likeness (QED) is 0.817. The van der Waals surface area contributed by atoms with Crippen molar-refractivity contribution >= 4 is 29.9 Å². The first kappa shape index (κ1) is 20.5. The van der Waals surface area contributed by atoms with Gasteiger partial charge < -0.3 is 10.6 Å². The number of aryl methyl sites for hydroxylation is 1. The molecule has 2 aliphatic rings. The van der Waals surface area contributed by atoms with E-state index in [9.17, 15) is 4.79 Å². The molecule has 2 atom stereocenters. The van der Waals surface area contributed by atoms with Crippen molar-refractivity contribution in [3.05, 3.63) is 34.3 Å². The highest BCUT2D eigenvalue weighted by Gasteiger charge is 2.24. The van der Waals surface area contributed by atoms with Gasteiger partial charge in [-0.05, 0) is 74.9 Å². The molecule has 2 saturated heterocycles. The lowest BCUT2D eigenvalue weighted by molar-refractivity contribution is -0.123. The molecule has 0 saturated carbocycles. The first-order valence-electron chi connectivity index (χ1n) is 9.10. The maximum atomic E-state index is 12.1. The third-order valence-corrected chi connectivity index (χ3v) is 5.48. The maximum absolute atomic E-state index is 12.1. The van der Waals surface area contributed by atoms with Crippen LogP contribution < -0.4 is 10.6 Å². The Kier molecular flexibility index (Phi) is 8.01. The fraction of sp³-hybridized carbons (Fsp3) is 0.632. The minimum absolute atomic E-state index is 0. The number of hydrogen-bond donors (Lipinski definition) is 2. The first-order valence-corrected chi connectivity index (χ1v) is 9.48. The number of halogens is 2. The Bertz CT molecular complexity index is 576. The molecule has 2 aliphatic heterocycles. The van der Waals surface area contributed by atoms with E-state index in [1.807, 2.05) is 12.1 Å². The zero-order valence-electron chi connectivity index (χ0n) is 14.9. The molecule has 0 radical (unpaired) electrons. The topological polar surface area (TPSA) is 44.4 Å². The number of nitrogens with one attached hydrogen (secondary N) is 2. The number of nitrogens with zero attached hydrogens (tertiary/aromatic N) is 1. The molecule has 2 unspecified atom stereocenters. The number of carbonyl (C=O) groups excluding carboxylic acids is 1. The zero-order chi connectivity index (χ0) is 16.9. The summed E-state index contributed by atoms with van der Waals surface area (Å²) in [6.07, 6.45) is 4.48. The van der Waals surface area contributed by atoms with Crippen molar-refractivity contribution in [1.29, 1.82) is 0 Å². The summed E-state index contributed by atoms with van der Waals surface area (Å²) >= 11 is 6.05. The van der Waals surface area contributed by atoms with E-state index in [1.54, 1.807) is 0 Å². The highest BCUT2D eigenvalue weighted by atomic mass is 35.5. The van der Waals surface area contributed by atoms with E-state index in [2.05, 4.69) is 28.5 Å². The number of benzene rings is 1. The van der Waals surface area contributed by atoms with Gasteiger partial charge in [0.25, 0.3) is 0 Å². The van der Waals surface area contributed by atoms with Crippen molar-refractivity contribution in [3.63, 3.8) is 0 Å². The van der Waals surface area contributed by atoms with E-state index in [4.69, 9.17) is 11.6 Å². The molecule has 2 heterocycles. The second-order valence-electron chi connectivity index (χ2n) is 7.21. The summed E-state index contributed by atoms with van der Waals surface area (Å²) in [6, 6.07) is 6.17. The Morgan fingerprint density at radius 1 is 1.36 bits per heavy atom. The molecule has 0 aromatic heterocycles. The van der Waals surface area contributed by atoms with Gasteiger partial charge in [-0.3, -0.25) is 9.69 Å². The number of carbonyl (C=O) groups is 1. The summed E-state index contributed by atoms with van der Waals surface area (Å²) in [7, 11) is 0. The highest BCUT2D eigenvalue weighted by Crippen LogP contribution is 2.21. The van der Waals surface area contributed by atoms with Gasteiger partial charge in [0.2, 0.25) is 5.91 Å². The third-order valence-electron chi connectivity index (χ3n) is 5.24. The minimum Gasteiger partial charge on any atom is -0.354 e. The van der Waals surface area contributed by atoms with Crippen LogP contribution in [0.25, 0.3) is 0 Å². The average molecular weight is 386 g/mol. The van der Waals surface area contributed by atoms with Crippen LogP contribution >= 0.6 is 24.0 Å². The predicted molar refractivity (Wildman–Crippen MR) is 105 cm³/mol. The number of piperidine rings is 1. The summed E-state index contributed by atoms with van der Waals surface area (Å²) in [6.45, 7) is 7.05. The van der Waals surface area contributed by atoms with Crippen molar-refractivity contribution in [3.8, 4) is 0 Å². The number of amides is 1. The standard InChI is InChI=1S/C19H28ClN3O.ClH/c1-14-10-17(20)7-6-16(14)13-23-9-3-4-15(12-23)11-22-19(24)18-5-2-8-21-18;/h6-7,10,15,18,21H,2-5,8-9,11-13H2,1H3,(H,22,24);1H. The van der Waals surface area contributed by atoms with Crippen molar-refractivity contribution < 1.29 is 4.79 Å². The molecule has 0 spiro atoms. The van der Waals surface area contributed by atoms with Crippen LogP contribution in [-0.4, -0.2) is 43.0 Å². The van der Waals surface area contributed by atoms with Gasteiger partial charge in [0.05, 0.1) is 6.04 Å². The maximum Gasteiger partial charge on any atom is 0.237 e. The molecule has 1 aromatic carbocycles. The molecular weight excluding hydrogens is 357 g/mol. The highest BCUT2D eigenvalue weighted by molar-refractivity contribution is 6.30.